The van der Waals surface area contributed by atoms with E-state index in [1.54, 1.807) is 18.1 Å². The van der Waals surface area contributed by atoms with Crippen LogP contribution in [0.4, 0.5) is 4.79 Å². The average Bonchev–Trinajstić information content (AvgIpc) is 2.57. The number of benzene rings is 1. The summed E-state index contributed by atoms with van der Waals surface area (Å²) in [6.45, 7) is 5.34. The Balaban J connectivity index is 1.85. The third-order valence-corrected chi connectivity index (χ3v) is 5.02. The number of urea groups is 1. The van der Waals surface area contributed by atoms with Crippen molar-refractivity contribution in [3.63, 3.8) is 0 Å². The molecule has 3 aliphatic rings. The number of amides is 2. The SMILES string of the molecule is C=CCN1C(=O)NC2c3ccc(OC)cc3OC13CCOCC23. The van der Waals surface area contributed by atoms with Crippen LogP contribution in [0, 0.1) is 5.92 Å². The van der Waals surface area contributed by atoms with Crippen LogP contribution in [-0.2, 0) is 4.74 Å². The third kappa shape index (κ3) is 1.94. The fourth-order valence-electron chi connectivity index (χ4n) is 3.94. The van der Waals surface area contributed by atoms with Crippen molar-refractivity contribution in [3.8, 4) is 11.5 Å². The fourth-order valence-corrected chi connectivity index (χ4v) is 3.94. The van der Waals surface area contributed by atoms with Gasteiger partial charge in [0.25, 0.3) is 0 Å². The van der Waals surface area contributed by atoms with E-state index < -0.39 is 5.72 Å². The number of methoxy groups -OCH3 is 1. The average molecular weight is 316 g/mol. The molecule has 2 fully saturated rings. The first-order valence-electron chi connectivity index (χ1n) is 7.83. The van der Waals surface area contributed by atoms with Gasteiger partial charge in [-0.05, 0) is 12.1 Å². The molecule has 0 spiro atoms. The van der Waals surface area contributed by atoms with Crippen LogP contribution in [0.15, 0.2) is 30.9 Å². The molecule has 3 heterocycles. The lowest BCUT2D eigenvalue weighted by Crippen LogP contribution is -2.73. The molecule has 0 aliphatic carbocycles. The Morgan fingerprint density at radius 2 is 2.43 bits per heavy atom. The van der Waals surface area contributed by atoms with E-state index in [1.807, 2.05) is 18.2 Å². The number of fused-ring (bicyclic) bond motifs is 2. The molecule has 1 aromatic rings. The Hall–Kier alpha value is -2.21. The van der Waals surface area contributed by atoms with Gasteiger partial charge in [0.2, 0.25) is 0 Å². The van der Waals surface area contributed by atoms with Crippen LogP contribution in [0.3, 0.4) is 0 Å². The number of hydrogen-bond donors (Lipinski definition) is 1. The van der Waals surface area contributed by atoms with Crippen LogP contribution >= 0.6 is 0 Å². The predicted molar refractivity (Wildman–Crippen MR) is 83.5 cm³/mol. The zero-order valence-electron chi connectivity index (χ0n) is 13.1. The summed E-state index contributed by atoms with van der Waals surface area (Å²) in [5.74, 6) is 1.56. The molecule has 0 radical (unpaired) electrons. The number of ether oxygens (including phenoxy) is 3. The second-order valence-corrected chi connectivity index (χ2v) is 6.11. The summed E-state index contributed by atoms with van der Waals surface area (Å²) in [5.41, 5.74) is 0.294. The van der Waals surface area contributed by atoms with E-state index in [-0.39, 0.29) is 18.0 Å². The maximum atomic E-state index is 12.6. The first-order valence-corrected chi connectivity index (χ1v) is 7.83. The highest BCUT2D eigenvalue weighted by Gasteiger charge is 2.60. The predicted octanol–water partition coefficient (Wildman–Crippen LogP) is 2.07. The second-order valence-electron chi connectivity index (χ2n) is 6.11. The second kappa shape index (κ2) is 5.16. The molecule has 3 atom stereocenters. The summed E-state index contributed by atoms with van der Waals surface area (Å²) in [6, 6.07) is 5.51. The van der Waals surface area contributed by atoms with E-state index in [0.29, 0.717) is 26.2 Å². The first-order chi connectivity index (χ1) is 11.2. The summed E-state index contributed by atoms with van der Waals surface area (Å²) in [5, 5.41) is 3.11. The van der Waals surface area contributed by atoms with Crippen LogP contribution in [0.1, 0.15) is 18.0 Å². The topological polar surface area (TPSA) is 60.0 Å². The summed E-state index contributed by atoms with van der Waals surface area (Å²) in [7, 11) is 1.63. The van der Waals surface area contributed by atoms with Gasteiger partial charge in [0.15, 0.2) is 5.72 Å². The van der Waals surface area contributed by atoms with E-state index in [0.717, 1.165) is 17.1 Å². The van der Waals surface area contributed by atoms with Gasteiger partial charge in [0.1, 0.15) is 11.5 Å². The molecule has 4 rings (SSSR count). The molecule has 1 aromatic carbocycles. The minimum Gasteiger partial charge on any atom is -0.497 e. The van der Waals surface area contributed by atoms with Crippen LogP contribution in [0.25, 0.3) is 0 Å². The van der Waals surface area contributed by atoms with Crippen LogP contribution < -0.4 is 14.8 Å². The minimum absolute atomic E-state index is 0.0507. The van der Waals surface area contributed by atoms with E-state index in [4.69, 9.17) is 14.2 Å². The van der Waals surface area contributed by atoms with Crippen molar-refractivity contribution in [1.29, 1.82) is 0 Å². The molecule has 122 valence electrons. The first kappa shape index (κ1) is 14.4. The van der Waals surface area contributed by atoms with Gasteiger partial charge in [-0.15, -0.1) is 6.58 Å². The molecule has 1 N–H and O–H groups in total. The summed E-state index contributed by atoms with van der Waals surface area (Å²) in [4.78, 5) is 14.3. The number of carbonyl (C=O) groups excluding carboxylic acids is 1. The molecule has 3 aliphatic heterocycles. The molecule has 6 nitrogen and oxygen atoms in total. The zero-order valence-corrected chi connectivity index (χ0v) is 13.1. The van der Waals surface area contributed by atoms with Crippen LogP contribution in [0.5, 0.6) is 11.5 Å². The van der Waals surface area contributed by atoms with Gasteiger partial charge in [-0.1, -0.05) is 6.08 Å². The molecule has 6 heteroatoms. The largest absolute Gasteiger partial charge is 0.497 e. The highest BCUT2D eigenvalue weighted by atomic mass is 16.5. The lowest BCUT2D eigenvalue weighted by molar-refractivity contribution is -0.195. The Morgan fingerprint density at radius 3 is 3.22 bits per heavy atom. The Bertz CT molecular complexity index is 662. The van der Waals surface area contributed by atoms with E-state index in [2.05, 4.69) is 11.9 Å². The van der Waals surface area contributed by atoms with Crippen molar-refractivity contribution in [3.05, 3.63) is 36.4 Å². The van der Waals surface area contributed by atoms with Crippen molar-refractivity contribution < 1.29 is 19.0 Å². The number of nitrogens with zero attached hydrogens (tertiary/aromatic N) is 1. The van der Waals surface area contributed by atoms with Gasteiger partial charge in [0.05, 0.1) is 32.3 Å². The minimum atomic E-state index is -0.682. The van der Waals surface area contributed by atoms with E-state index in [9.17, 15) is 4.79 Å². The molecule has 2 bridgehead atoms. The Labute approximate surface area is 135 Å². The highest BCUT2D eigenvalue weighted by Crippen LogP contribution is 2.51. The van der Waals surface area contributed by atoms with Crippen molar-refractivity contribution in [2.24, 2.45) is 5.92 Å². The van der Waals surface area contributed by atoms with Gasteiger partial charge in [-0.25, -0.2) is 4.79 Å². The normalized spacial score (nSPS) is 31.3. The highest BCUT2D eigenvalue weighted by molar-refractivity contribution is 5.78. The van der Waals surface area contributed by atoms with Gasteiger partial charge in [-0.3, -0.25) is 4.90 Å². The molecular formula is C17H20N2O4. The summed E-state index contributed by atoms with van der Waals surface area (Å²) in [6.07, 6.45) is 2.37. The molecule has 23 heavy (non-hydrogen) atoms. The number of rotatable bonds is 3. The van der Waals surface area contributed by atoms with E-state index >= 15 is 0 Å². The van der Waals surface area contributed by atoms with Gasteiger partial charge < -0.3 is 19.5 Å². The van der Waals surface area contributed by atoms with Crippen molar-refractivity contribution in [2.75, 3.05) is 26.9 Å². The van der Waals surface area contributed by atoms with Crippen LogP contribution in [-0.4, -0.2) is 43.5 Å². The standard InChI is InChI=1S/C17H20N2O4/c1-3-7-19-16(20)18-15-12-5-4-11(21-2)9-14(12)23-17(19)6-8-22-10-13(15)17/h3-5,9,13,15H,1,6-8,10H2,2H3,(H,18,20). The smallest absolute Gasteiger partial charge is 0.321 e. The van der Waals surface area contributed by atoms with Crippen molar-refractivity contribution >= 4 is 6.03 Å². The summed E-state index contributed by atoms with van der Waals surface area (Å²) < 4.78 is 17.4. The van der Waals surface area contributed by atoms with Gasteiger partial charge in [0, 0.05) is 24.6 Å². The van der Waals surface area contributed by atoms with Crippen molar-refractivity contribution in [2.45, 2.75) is 18.2 Å². The quantitative estimate of drug-likeness (QED) is 0.867. The number of nitrogens with one attached hydrogen (secondary N) is 1. The molecule has 0 aromatic heterocycles. The van der Waals surface area contributed by atoms with Crippen LogP contribution in [0.2, 0.25) is 0 Å². The number of carbonyl (C=O) groups is 1. The molecule has 0 saturated carbocycles. The van der Waals surface area contributed by atoms with E-state index in [1.165, 1.54) is 0 Å². The Kier molecular flexibility index (Phi) is 3.23. The fraction of sp³-hybridized carbons (Fsp3) is 0.471. The molecular weight excluding hydrogens is 296 g/mol. The van der Waals surface area contributed by atoms with Gasteiger partial charge in [-0.2, -0.15) is 0 Å². The maximum absolute atomic E-state index is 12.6. The maximum Gasteiger partial charge on any atom is 0.321 e. The monoisotopic (exact) mass is 316 g/mol. The zero-order chi connectivity index (χ0) is 16.0. The molecule has 3 unspecified atom stereocenters. The van der Waals surface area contributed by atoms with Gasteiger partial charge >= 0.3 is 6.03 Å². The third-order valence-electron chi connectivity index (χ3n) is 5.02. The number of hydrogen-bond acceptors (Lipinski definition) is 4. The van der Waals surface area contributed by atoms with Crippen molar-refractivity contribution in [1.82, 2.24) is 10.2 Å². The molecule has 2 saturated heterocycles. The lowest BCUT2D eigenvalue weighted by Gasteiger charge is -2.58. The molecule has 2 amide bonds. The lowest BCUT2D eigenvalue weighted by atomic mass is 9.76. The Morgan fingerprint density at radius 1 is 1.57 bits per heavy atom. The summed E-state index contributed by atoms with van der Waals surface area (Å²) >= 11 is 0.